The highest BCUT2D eigenvalue weighted by Crippen LogP contribution is 2.32. The van der Waals surface area contributed by atoms with Gasteiger partial charge in [0, 0.05) is 6.54 Å². The fourth-order valence-corrected chi connectivity index (χ4v) is 2.45. The first kappa shape index (κ1) is 14.9. The monoisotopic (exact) mass is 277 g/mol. The highest BCUT2D eigenvalue weighted by molar-refractivity contribution is 5.77. The molecule has 1 aliphatic carbocycles. The van der Waals surface area contributed by atoms with E-state index in [2.05, 4.69) is 12.2 Å². The number of ether oxygens (including phenoxy) is 1. The minimum Gasteiger partial charge on any atom is -0.484 e. The van der Waals surface area contributed by atoms with E-state index < -0.39 is 6.10 Å². The highest BCUT2D eigenvalue weighted by atomic mass is 16.5. The van der Waals surface area contributed by atoms with Gasteiger partial charge in [0.25, 0.3) is 5.91 Å². The molecule has 0 aromatic heterocycles. The van der Waals surface area contributed by atoms with Gasteiger partial charge >= 0.3 is 0 Å². The summed E-state index contributed by atoms with van der Waals surface area (Å²) in [5.74, 6) is 0.548. The summed E-state index contributed by atoms with van der Waals surface area (Å²) in [4.78, 5) is 11.6. The molecular formula is C16H23NO3. The number of aliphatic hydroxyl groups is 1. The fourth-order valence-electron chi connectivity index (χ4n) is 2.45. The van der Waals surface area contributed by atoms with Crippen molar-refractivity contribution in [3.63, 3.8) is 0 Å². The van der Waals surface area contributed by atoms with Crippen molar-refractivity contribution in [1.82, 2.24) is 5.32 Å². The van der Waals surface area contributed by atoms with Crippen LogP contribution in [0.4, 0.5) is 0 Å². The average molecular weight is 277 g/mol. The second-order valence-corrected chi connectivity index (χ2v) is 5.26. The molecule has 0 unspecified atom stereocenters. The molecular weight excluding hydrogens is 254 g/mol. The average Bonchev–Trinajstić information content (AvgIpc) is 2.46. The number of aryl methyl sites for hydroxylation is 1. The number of hydrogen-bond acceptors (Lipinski definition) is 3. The zero-order valence-corrected chi connectivity index (χ0v) is 12.0. The van der Waals surface area contributed by atoms with E-state index in [4.69, 9.17) is 4.74 Å². The smallest absolute Gasteiger partial charge is 0.257 e. The summed E-state index contributed by atoms with van der Waals surface area (Å²) >= 11 is 0. The molecule has 0 spiro atoms. The summed E-state index contributed by atoms with van der Waals surface area (Å²) in [5, 5.41) is 12.8. The number of benzene rings is 1. The Morgan fingerprint density at radius 1 is 1.50 bits per heavy atom. The molecule has 0 radical (unpaired) electrons. The molecule has 110 valence electrons. The van der Waals surface area contributed by atoms with Crippen LogP contribution in [0.2, 0.25) is 0 Å². The molecule has 4 heteroatoms. The predicted octanol–water partition coefficient (Wildman–Crippen LogP) is 2.35. The maximum Gasteiger partial charge on any atom is 0.257 e. The number of amides is 1. The molecule has 2 N–H and O–H groups in total. The van der Waals surface area contributed by atoms with Crippen LogP contribution >= 0.6 is 0 Å². The molecule has 1 atom stereocenters. The third-order valence-electron chi connectivity index (χ3n) is 3.62. The number of carbonyl (C=O) groups excluding carboxylic acids is 1. The van der Waals surface area contributed by atoms with Crippen molar-refractivity contribution in [3.8, 4) is 5.75 Å². The van der Waals surface area contributed by atoms with Crippen molar-refractivity contribution in [3.05, 3.63) is 29.3 Å². The van der Waals surface area contributed by atoms with Crippen molar-refractivity contribution < 1.29 is 14.6 Å². The highest BCUT2D eigenvalue weighted by Gasteiger charge is 2.18. The lowest BCUT2D eigenvalue weighted by molar-refractivity contribution is -0.123. The Morgan fingerprint density at radius 2 is 2.35 bits per heavy atom. The quantitative estimate of drug-likeness (QED) is 0.785. The first-order chi connectivity index (χ1) is 9.70. The van der Waals surface area contributed by atoms with Gasteiger partial charge in [0.1, 0.15) is 5.75 Å². The molecule has 0 heterocycles. The number of carbonyl (C=O) groups is 1. The molecule has 0 bridgehead atoms. The summed E-state index contributed by atoms with van der Waals surface area (Å²) in [7, 11) is 0. The maximum atomic E-state index is 11.6. The van der Waals surface area contributed by atoms with Crippen LogP contribution < -0.4 is 10.1 Å². The second kappa shape index (κ2) is 7.29. The standard InChI is InChI=1S/C16H23NO3/c1-2-3-9-17-16(19)11-20-13-8-7-12-5-4-6-15(18)14(12)10-13/h7-8,10,15,18H,2-6,9,11H2,1H3,(H,17,19)/t15-/m0/s1. The fraction of sp³-hybridized carbons (Fsp3) is 0.562. The topological polar surface area (TPSA) is 58.6 Å². The Labute approximate surface area is 120 Å². The van der Waals surface area contributed by atoms with Crippen LogP contribution in [-0.4, -0.2) is 24.2 Å². The Morgan fingerprint density at radius 3 is 3.15 bits per heavy atom. The third kappa shape index (κ3) is 3.97. The lowest BCUT2D eigenvalue weighted by Gasteiger charge is -2.21. The molecule has 1 aromatic rings. The third-order valence-corrected chi connectivity index (χ3v) is 3.62. The zero-order chi connectivity index (χ0) is 14.4. The van der Waals surface area contributed by atoms with Crippen LogP contribution in [0.25, 0.3) is 0 Å². The lowest BCUT2D eigenvalue weighted by Crippen LogP contribution is -2.29. The van der Waals surface area contributed by atoms with Crippen LogP contribution in [0.15, 0.2) is 18.2 Å². The number of unbranched alkanes of at least 4 members (excludes halogenated alkanes) is 1. The van der Waals surface area contributed by atoms with E-state index in [0.717, 1.165) is 37.7 Å². The Balaban J connectivity index is 1.87. The van der Waals surface area contributed by atoms with E-state index >= 15 is 0 Å². The van der Waals surface area contributed by atoms with E-state index in [1.807, 2.05) is 18.2 Å². The lowest BCUT2D eigenvalue weighted by atomic mass is 9.89. The molecule has 20 heavy (non-hydrogen) atoms. The zero-order valence-electron chi connectivity index (χ0n) is 12.0. The Bertz CT molecular complexity index is 459. The Hall–Kier alpha value is -1.55. The number of fused-ring (bicyclic) bond motifs is 1. The summed E-state index contributed by atoms with van der Waals surface area (Å²) in [6.45, 7) is 2.81. The van der Waals surface area contributed by atoms with E-state index in [-0.39, 0.29) is 12.5 Å². The van der Waals surface area contributed by atoms with Crippen LogP contribution in [0, 0.1) is 0 Å². The molecule has 4 nitrogen and oxygen atoms in total. The summed E-state index contributed by atoms with van der Waals surface area (Å²) in [6, 6.07) is 5.72. The number of nitrogens with one attached hydrogen (secondary N) is 1. The number of hydrogen-bond donors (Lipinski definition) is 2. The molecule has 0 aliphatic heterocycles. The molecule has 0 saturated carbocycles. The van der Waals surface area contributed by atoms with E-state index in [0.29, 0.717) is 12.3 Å². The van der Waals surface area contributed by atoms with Crippen LogP contribution in [0.1, 0.15) is 49.8 Å². The first-order valence-electron chi connectivity index (χ1n) is 7.41. The van der Waals surface area contributed by atoms with Crippen LogP contribution in [-0.2, 0) is 11.2 Å². The number of aliphatic hydroxyl groups excluding tert-OH is 1. The van der Waals surface area contributed by atoms with Gasteiger partial charge in [-0.1, -0.05) is 19.4 Å². The van der Waals surface area contributed by atoms with Gasteiger partial charge in [-0.05, 0) is 48.9 Å². The molecule has 1 aromatic carbocycles. The largest absolute Gasteiger partial charge is 0.484 e. The minimum absolute atomic E-state index is 0.0264. The SMILES string of the molecule is CCCCNC(=O)COc1ccc2c(c1)[C@@H](O)CCC2. The minimum atomic E-state index is -0.402. The van der Waals surface area contributed by atoms with Crippen molar-refractivity contribution in [2.45, 2.75) is 45.1 Å². The summed E-state index contributed by atoms with van der Waals surface area (Å²) in [6.07, 6.45) is 4.47. The van der Waals surface area contributed by atoms with Crippen molar-refractivity contribution in [2.75, 3.05) is 13.2 Å². The van der Waals surface area contributed by atoms with Gasteiger partial charge in [-0.25, -0.2) is 0 Å². The second-order valence-electron chi connectivity index (χ2n) is 5.26. The van der Waals surface area contributed by atoms with Crippen LogP contribution in [0.3, 0.4) is 0 Å². The van der Waals surface area contributed by atoms with Gasteiger partial charge in [0.05, 0.1) is 6.10 Å². The van der Waals surface area contributed by atoms with Crippen molar-refractivity contribution >= 4 is 5.91 Å². The van der Waals surface area contributed by atoms with Gasteiger partial charge < -0.3 is 15.2 Å². The Kier molecular flexibility index (Phi) is 5.41. The first-order valence-corrected chi connectivity index (χ1v) is 7.41. The van der Waals surface area contributed by atoms with Gasteiger partial charge in [-0.15, -0.1) is 0 Å². The molecule has 0 saturated heterocycles. The van der Waals surface area contributed by atoms with Gasteiger partial charge in [-0.2, -0.15) is 0 Å². The normalized spacial score (nSPS) is 17.4. The maximum absolute atomic E-state index is 11.6. The van der Waals surface area contributed by atoms with Crippen molar-refractivity contribution in [2.24, 2.45) is 0 Å². The number of rotatable bonds is 6. The summed E-state index contributed by atoms with van der Waals surface area (Å²) in [5.41, 5.74) is 2.13. The van der Waals surface area contributed by atoms with Crippen LogP contribution in [0.5, 0.6) is 5.75 Å². The molecule has 1 amide bonds. The molecule has 2 rings (SSSR count). The van der Waals surface area contributed by atoms with Gasteiger partial charge in [0.15, 0.2) is 6.61 Å². The van der Waals surface area contributed by atoms with E-state index in [9.17, 15) is 9.90 Å². The van der Waals surface area contributed by atoms with Gasteiger partial charge in [0.2, 0.25) is 0 Å². The molecule has 0 fully saturated rings. The summed E-state index contributed by atoms with van der Waals surface area (Å²) < 4.78 is 5.49. The van der Waals surface area contributed by atoms with Crippen molar-refractivity contribution in [1.29, 1.82) is 0 Å². The molecule has 1 aliphatic rings. The van der Waals surface area contributed by atoms with E-state index in [1.165, 1.54) is 5.56 Å². The van der Waals surface area contributed by atoms with E-state index in [1.54, 1.807) is 0 Å². The van der Waals surface area contributed by atoms with Gasteiger partial charge in [-0.3, -0.25) is 4.79 Å². The predicted molar refractivity (Wildman–Crippen MR) is 77.8 cm³/mol.